The fraction of sp³-hybridized carbons (Fsp3) is 0.167. The lowest BCUT2D eigenvalue weighted by Gasteiger charge is -2.13. The first kappa shape index (κ1) is 22.2. The van der Waals surface area contributed by atoms with E-state index in [9.17, 15) is 9.59 Å². The summed E-state index contributed by atoms with van der Waals surface area (Å²) in [5, 5.41) is 14.7. The predicted molar refractivity (Wildman–Crippen MR) is 134 cm³/mol. The zero-order valence-corrected chi connectivity index (χ0v) is 19.9. The Balaban J connectivity index is 1.50. The van der Waals surface area contributed by atoms with Gasteiger partial charge < -0.3 is 10.1 Å². The van der Waals surface area contributed by atoms with Gasteiger partial charge in [-0.3, -0.25) is 18.6 Å². The number of hydrogen-bond acceptors (Lipinski definition) is 7. The highest BCUT2D eigenvalue weighted by Gasteiger charge is 2.18. The molecule has 3 heterocycles. The van der Waals surface area contributed by atoms with Gasteiger partial charge in [-0.05, 0) is 29.6 Å². The Morgan fingerprint density at radius 3 is 2.74 bits per heavy atom. The van der Waals surface area contributed by atoms with Gasteiger partial charge in [0.05, 0.1) is 36.9 Å². The van der Waals surface area contributed by atoms with E-state index in [1.807, 2.05) is 64.4 Å². The summed E-state index contributed by atoms with van der Waals surface area (Å²) in [6, 6.07) is 18.9. The highest BCUT2D eigenvalue weighted by Crippen LogP contribution is 2.24. The molecule has 0 saturated carbocycles. The maximum absolute atomic E-state index is 13.4. The van der Waals surface area contributed by atoms with Crippen LogP contribution in [0.3, 0.4) is 0 Å². The third-order valence-corrected chi connectivity index (χ3v) is 7.18. The van der Waals surface area contributed by atoms with Crippen LogP contribution in [0.4, 0.5) is 0 Å². The highest BCUT2D eigenvalue weighted by molar-refractivity contribution is 7.99. The van der Waals surface area contributed by atoms with E-state index in [4.69, 9.17) is 4.74 Å². The van der Waals surface area contributed by atoms with Crippen molar-refractivity contribution in [3.05, 3.63) is 86.8 Å². The summed E-state index contributed by atoms with van der Waals surface area (Å²) < 4.78 is 8.90. The summed E-state index contributed by atoms with van der Waals surface area (Å²) >= 11 is 2.89. The summed E-state index contributed by atoms with van der Waals surface area (Å²) in [6.45, 7) is 0.778. The van der Waals surface area contributed by atoms with Crippen molar-refractivity contribution in [2.45, 2.75) is 18.2 Å². The summed E-state index contributed by atoms with van der Waals surface area (Å²) in [6.07, 6.45) is 0. The molecule has 3 aromatic heterocycles. The van der Waals surface area contributed by atoms with Crippen LogP contribution >= 0.6 is 23.1 Å². The smallest absolute Gasteiger partial charge is 0.263 e. The second-order valence-corrected chi connectivity index (χ2v) is 9.46. The van der Waals surface area contributed by atoms with Gasteiger partial charge in [0.15, 0.2) is 5.16 Å². The number of methoxy groups -OCH3 is 1. The van der Waals surface area contributed by atoms with Crippen molar-refractivity contribution in [1.82, 2.24) is 24.5 Å². The minimum absolute atomic E-state index is 0.0956. The normalized spacial score (nSPS) is 11.2. The van der Waals surface area contributed by atoms with Crippen molar-refractivity contribution in [2.75, 3.05) is 12.9 Å². The Labute approximate surface area is 203 Å². The second-order valence-electron chi connectivity index (χ2n) is 7.48. The van der Waals surface area contributed by atoms with Crippen LogP contribution in [0.1, 0.15) is 10.4 Å². The lowest BCUT2D eigenvalue weighted by Crippen LogP contribution is -2.25. The number of aromatic nitrogens is 4. The fourth-order valence-corrected chi connectivity index (χ4v) is 5.17. The molecule has 5 aromatic rings. The van der Waals surface area contributed by atoms with Crippen LogP contribution < -0.4 is 15.6 Å². The number of thiophene rings is 1. The molecular weight excluding hydrogens is 470 g/mol. The zero-order chi connectivity index (χ0) is 23.5. The van der Waals surface area contributed by atoms with Crippen molar-refractivity contribution < 1.29 is 9.53 Å². The van der Waals surface area contributed by atoms with Crippen molar-refractivity contribution in [1.29, 1.82) is 0 Å². The van der Waals surface area contributed by atoms with Crippen molar-refractivity contribution in [3.63, 3.8) is 0 Å². The zero-order valence-electron chi connectivity index (χ0n) is 18.3. The minimum Gasteiger partial charge on any atom is -0.496 e. The molecule has 1 N–H and O–H groups in total. The Kier molecular flexibility index (Phi) is 6.33. The molecule has 1 amide bonds. The summed E-state index contributed by atoms with van der Waals surface area (Å²) in [7, 11) is 1.60. The number of thioether (sulfide) groups is 1. The third kappa shape index (κ3) is 4.29. The highest BCUT2D eigenvalue weighted by atomic mass is 32.2. The first-order valence-corrected chi connectivity index (χ1v) is 12.4. The second kappa shape index (κ2) is 9.70. The monoisotopic (exact) mass is 491 g/mol. The number of amides is 1. The van der Waals surface area contributed by atoms with Gasteiger partial charge in [0.25, 0.3) is 5.56 Å². The Morgan fingerprint density at radius 1 is 1.09 bits per heavy atom. The van der Waals surface area contributed by atoms with Crippen LogP contribution in [-0.4, -0.2) is 37.9 Å². The predicted octanol–water partition coefficient (Wildman–Crippen LogP) is 3.57. The molecule has 2 aromatic carbocycles. The SMILES string of the molecule is COc1ccccc1Cn1c(=O)c2ccccc2n2c(SCC(=O)NCc3cccs3)nnc12. The fourth-order valence-electron chi connectivity index (χ4n) is 3.75. The summed E-state index contributed by atoms with van der Waals surface area (Å²) in [5.41, 5.74) is 1.39. The van der Waals surface area contributed by atoms with Gasteiger partial charge in [-0.1, -0.05) is 48.2 Å². The van der Waals surface area contributed by atoms with Gasteiger partial charge in [-0.25, -0.2) is 0 Å². The van der Waals surface area contributed by atoms with Crippen molar-refractivity contribution in [2.24, 2.45) is 0 Å². The molecule has 0 spiro atoms. The van der Waals surface area contributed by atoms with E-state index < -0.39 is 0 Å². The molecule has 0 aliphatic rings. The van der Waals surface area contributed by atoms with Crippen LogP contribution in [0.2, 0.25) is 0 Å². The van der Waals surface area contributed by atoms with E-state index in [0.29, 0.717) is 34.1 Å². The van der Waals surface area contributed by atoms with Crippen LogP contribution in [0.25, 0.3) is 16.7 Å². The van der Waals surface area contributed by atoms with E-state index in [1.165, 1.54) is 11.8 Å². The molecule has 0 unspecified atom stereocenters. The quantitative estimate of drug-likeness (QED) is 0.334. The van der Waals surface area contributed by atoms with E-state index in [2.05, 4.69) is 15.5 Å². The third-order valence-electron chi connectivity index (χ3n) is 5.37. The van der Waals surface area contributed by atoms with Crippen molar-refractivity contribution >= 4 is 45.7 Å². The Morgan fingerprint density at radius 2 is 1.91 bits per heavy atom. The van der Waals surface area contributed by atoms with Gasteiger partial charge in [0.1, 0.15) is 5.75 Å². The van der Waals surface area contributed by atoms with Crippen LogP contribution in [0, 0.1) is 0 Å². The molecule has 0 aliphatic heterocycles. The standard InChI is InChI=1S/C24H21N5O3S2/c1-32-20-11-5-2-7-16(20)14-28-22(31)18-9-3-4-10-19(18)29-23(28)26-27-24(29)34-15-21(30)25-13-17-8-6-12-33-17/h2-12H,13-15H2,1H3,(H,25,30). The Hall–Kier alpha value is -3.63. The number of nitrogens with one attached hydrogen (secondary N) is 1. The lowest BCUT2D eigenvalue weighted by molar-refractivity contribution is -0.118. The molecule has 0 radical (unpaired) electrons. The maximum Gasteiger partial charge on any atom is 0.263 e. The van der Waals surface area contributed by atoms with E-state index in [-0.39, 0.29) is 23.8 Å². The number of benzene rings is 2. The molecule has 172 valence electrons. The van der Waals surface area contributed by atoms with Crippen molar-refractivity contribution in [3.8, 4) is 5.75 Å². The van der Waals surface area contributed by atoms with Gasteiger partial charge in [-0.15, -0.1) is 21.5 Å². The molecule has 0 bridgehead atoms. The van der Waals surface area contributed by atoms with E-state index in [1.54, 1.807) is 29.1 Å². The topological polar surface area (TPSA) is 90.5 Å². The van der Waals surface area contributed by atoms with Gasteiger partial charge in [0.2, 0.25) is 11.7 Å². The number of carbonyl (C=O) groups excluding carboxylic acids is 1. The van der Waals surface area contributed by atoms with Gasteiger partial charge in [0, 0.05) is 10.4 Å². The Bertz CT molecular complexity index is 1530. The molecule has 0 saturated heterocycles. The van der Waals surface area contributed by atoms with E-state index in [0.717, 1.165) is 10.4 Å². The summed E-state index contributed by atoms with van der Waals surface area (Å²) in [4.78, 5) is 26.9. The number of nitrogens with zero attached hydrogens (tertiary/aromatic N) is 4. The van der Waals surface area contributed by atoms with Gasteiger partial charge >= 0.3 is 0 Å². The van der Waals surface area contributed by atoms with Crippen LogP contribution in [0.15, 0.2) is 76.0 Å². The molecule has 10 heteroatoms. The number of rotatable bonds is 8. The summed E-state index contributed by atoms with van der Waals surface area (Å²) in [5.74, 6) is 1.20. The number of hydrogen-bond donors (Lipinski definition) is 1. The number of fused-ring (bicyclic) bond motifs is 3. The number of ether oxygens (including phenoxy) is 1. The lowest BCUT2D eigenvalue weighted by atomic mass is 10.2. The molecule has 8 nitrogen and oxygen atoms in total. The molecule has 5 rings (SSSR count). The first-order valence-electron chi connectivity index (χ1n) is 10.6. The molecule has 34 heavy (non-hydrogen) atoms. The van der Waals surface area contributed by atoms with Crippen LogP contribution in [0.5, 0.6) is 5.75 Å². The molecule has 0 aliphatic carbocycles. The largest absolute Gasteiger partial charge is 0.496 e. The molecule has 0 atom stereocenters. The van der Waals surface area contributed by atoms with E-state index >= 15 is 0 Å². The number of para-hydroxylation sites is 2. The average molecular weight is 492 g/mol. The average Bonchev–Trinajstić information content (AvgIpc) is 3.54. The number of carbonyl (C=O) groups is 1. The van der Waals surface area contributed by atoms with Crippen LogP contribution in [-0.2, 0) is 17.9 Å². The van der Waals surface area contributed by atoms with Gasteiger partial charge in [-0.2, -0.15) is 0 Å². The maximum atomic E-state index is 13.4. The molecule has 0 fully saturated rings. The first-order chi connectivity index (χ1) is 16.7. The molecular formula is C24H21N5O3S2. The minimum atomic E-state index is -0.161.